The summed E-state index contributed by atoms with van der Waals surface area (Å²) in [5, 5.41) is 18.0. The number of aryl methyl sites for hydroxylation is 1. The number of carbonyl (C=O) groups excluding carboxylic acids is 2. The first-order valence-corrected chi connectivity index (χ1v) is 12.4. The number of nitrogens with one attached hydrogen (secondary N) is 2. The van der Waals surface area contributed by atoms with Crippen LogP contribution in [0.5, 0.6) is 0 Å². The van der Waals surface area contributed by atoms with E-state index in [2.05, 4.69) is 51.8 Å². The third kappa shape index (κ3) is 5.28. The molecule has 1 aromatic carbocycles. The molecule has 190 valence electrons. The second-order valence-electron chi connectivity index (χ2n) is 7.78. The van der Waals surface area contributed by atoms with Gasteiger partial charge in [-0.15, -0.1) is 10.2 Å². The zero-order valence-corrected chi connectivity index (χ0v) is 22.4. The van der Waals surface area contributed by atoms with Crippen molar-refractivity contribution in [3.63, 3.8) is 0 Å². The number of amides is 3. The Morgan fingerprint density at radius 2 is 1.84 bits per heavy atom. The molecule has 0 saturated carbocycles. The van der Waals surface area contributed by atoms with Crippen molar-refractivity contribution in [3.8, 4) is 28.7 Å². The highest BCUT2D eigenvalue weighted by Crippen LogP contribution is 2.34. The summed E-state index contributed by atoms with van der Waals surface area (Å²) in [5.41, 5.74) is 1.94. The highest BCUT2D eigenvalue weighted by molar-refractivity contribution is 9.10. The molecule has 4 aromatic heterocycles. The van der Waals surface area contributed by atoms with Crippen LogP contribution in [0.4, 0.5) is 10.5 Å². The van der Waals surface area contributed by atoms with Crippen LogP contribution in [0.15, 0.2) is 70.1 Å². The van der Waals surface area contributed by atoms with E-state index in [4.69, 9.17) is 27.6 Å². The molecule has 38 heavy (non-hydrogen) atoms. The summed E-state index contributed by atoms with van der Waals surface area (Å²) in [6.45, 7) is 1.74. The normalized spacial score (nSPS) is 10.8. The van der Waals surface area contributed by atoms with Crippen molar-refractivity contribution >= 4 is 56.8 Å². The van der Waals surface area contributed by atoms with Gasteiger partial charge in [-0.05, 0) is 64.8 Å². The van der Waals surface area contributed by atoms with E-state index in [-0.39, 0.29) is 28.3 Å². The van der Waals surface area contributed by atoms with Crippen molar-refractivity contribution in [3.05, 3.63) is 87.0 Å². The average molecular weight is 614 g/mol. The van der Waals surface area contributed by atoms with Crippen LogP contribution in [-0.2, 0) is 0 Å². The fourth-order valence-electron chi connectivity index (χ4n) is 3.54. The number of carbonyl (C=O) groups is 2. The van der Waals surface area contributed by atoms with Crippen LogP contribution in [-0.4, -0.2) is 41.9 Å². The van der Waals surface area contributed by atoms with Gasteiger partial charge in [-0.1, -0.05) is 23.2 Å². The first-order valence-electron chi connectivity index (χ1n) is 10.8. The summed E-state index contributed by atoms with van der Waals surface area (Å²) in [6.07, 6.45) is 4.72. The quantitative estimate of drug-likeness (QED) is 0.256. The fourth-order valence-corrected chi connectivity index (χ4v) is 4.39. The number of urea groups is 1. The van der Waals surface area contributed by atoms with Crippen LogP contribution >= 0.6 is 39.1 Å². The van der Waals surface area contributed by atoms with Crippen molar-refractivity contribution in [2.45, 2.75) is 6.92 Å². The molecular formula is C24H15BrCl2N8O3. The maximum Gasteiger partial charge on any atom is 0.326 e. The van der Waals surface area contributed by atoms with Crippen LogP contribution in [0.2, 0.25) is 10.0 Å². The monoisotopic (exact) mass is 612 g/mol. The van der Waals surface area contributed by atoms with Crippen molar-refractivity contribution < 1.29 is 14.0 Å². The lowest BCUT2D eigenvalue weighted by atomic mass is 10.1. The van der Waals surface area contributed by atoms with Crippen molar-refractivity contribution in [2.75, 3.05) is 5.32 Å². The Kier molecular flexibility index (Phi) is 7.18. The summed E-state index contributed by atoms with van der Waals surface area (Å²) in [7, 11) is 0. The summed E-state index contributed by atoms with van der Waals surface area (Å²) in [5.74, 6) is -0.166. The fraction of sp³-hybridized carbons (Fsp3) is 0.0417. The first-order chi connectivity index (χ1) is 18.3. The number of imide groups is 1. The number of aromatic nitrogens is 6. The van der Waals surface area contributed by atoms with Crippen LogP contribution in [0.1, 0.15) is 16.1 Å². The van der Waals surface area contributed by atoms with Gasteiger partial charge in [0.25, 0.3) is 5.91 Å². The van der Waals surface area contributed by atoms with Gasteiger partial charge in [-0.25, -0.2) is 14.5 Å². The number of hydrogen-bond acceptors (Lipinski definition) is 8. The summed E-state index contributed by atoms with van der Waals surface area (Å²) in [6, 6.07) is 10.6. The van der Waals surface area contributed by atoms with E-state index in [1.54, 1.807) is 55.7 Å². The Hall–Kier alpha value is -4.13. The smallest absolute Gasteiger partial charge is 0.326 e. The number of benzene rings is 1. The van der Waals surface area contributed by atoms with E-state index in [9.17, 15) is 9.59 Å². The van der Waals surface area contributed by atoms with E-state index in [0.29, 0.717) is 32.0 Å². The molecule has 0 bridgehead atoms. The average Bonchev–Trinajstić information content (AvgIpc) is 3.53. The highest BCUT2D eigenvalue weighted by atomic mass is 79.9. The first kappa shape index (κ1) is 25.5. The van der Waals surface area contributed by atoms with Crippen molar-refractivity contribution in [2.24, 2.45) is 0 Å². The lowest BCUT2D eigenvalue weighted by Gasteiger charge is -2.13. The number of rotatable bonds is 5. The van der Waals surface area contributed by atoms with Crippen LogP contribution in [0.3, 0.4) is 0 Å². The molecule has 0 aliphatic carbocycles. The minimum Gasteiger partial charge on any atom is -0.416 e. The lowest BCUT2D eigenvalue weighted by Crippen LogP contribution is -2.35. The predicted molar refractivity (Wildman–Crippen MR) is 143 cm³/mol. The molecule has 0 spiro atoms. The largest absolute Gasteiger partial charge is 0.416 e. The molecular weight excluding hydrogens is 599 g/mol. The SMILES string of the molecule is Cc1cc(Cl)cc(-c2nnc(-c3cccnc3)o2)c1NC(=O)NC(=O)c1cc(Br)nn1-c1ncccc1Cl. The zero-order valence-electron chi connectivity index (χ0n) is 19.3. The summed E-state index contributed by atoms with van der Waals surface area (Å²) in [4.78, 5) is 34.2. The number of nitrogens with zero attached hydrogens (tertiary/aromatic N) is 6. The second kappa shape index (κ2) is 10.7. The van der Waals surface area contributed by atoms with Crippen LogP contribution < -0.4 is 10.6 Å². The maximum absolute atomic E-state index is 13.0. The Labute approximate surface area is 233 Å². The maximum atomic E-state index is 13.0. The Morgan fingerprint density at radius 1 is 1.05 bits per heavy atom. The van der Waals surface area contributed by atoms with E-state index in [1.807, 2.05) is 0 Å². The number of pyridine rings is 2. The molecule has 3 amide bonds. The molecule has 0 fully saturated rings. The molecule has 0 aliphatic heterocycles. The van der Waals surface area contributed by atoms with Crippen molar-refractivity contribution in [1.82, 2.24) is 35.3 Å². The third-order valence-electron chi connectivity index (χ3n) is 5.18. The van der Waals surface area contributed by atoms with Gasteiger partial charge >= 0.3 is 6.03 Å². The second-order valence-corrected chi connectivity index (χ2v) is 9.44. The molecule has 0 radical (unpaired) electrons. The molecule has 4 heterocycles. The van der Waals surface area contributed by atoms with Crippen LogP contribution in [0.25, 0.3) is 28.7 Å². The van der Waals surface area contributed by atoms with Gasteiger partial charge in [-0.3, -0.25) is 15.1 Å². The molecule has 0 saturated heterocycles. The number of halogens is 3. The highest BCUT2D eigenvalue weighted by Gasteiger charge is 2.23. The van der Waals surface area contributed by atoms with Gasteiger partial charge in [0, 0.05) is 29.7 Å². The van der Waals surface area contributed by atoms with Gasteiger partial charge in [0.15, 0.2) is 5.82 Å². The molecule has 0 unspecified atom stereocenters. The number of anilines is 1. The zero-order chi connectivity index (χ0) is 26.8. The Bertz CT molecular complexity index is 1670. The van der Waals surface area contributed by atoms with E-state index in [1.165, 1.54) is 16.9 Å². The molecule has 11 nitrogen and oxygen atoms in total. The predicted octanol–water partition coefficient (Wildman–Crippen LogP) is 5.72. The number of hydrogen-bond donors (Lipinski definition) is 2. The van der Waals surface area contributed by atoms with E-state index < -0.39 is 11.9 Å². The van der Waals surface area contributed by atoms with Gasteiger partial charge in [0.1, 0.15) is 10.3 Å². The molecule has 5 rings (SSSR count). The standard InChI is InChI=1S/C24H15BrCl2N8O3/c1-12-8-14(26)9-15(23-33-32-22(38-23)13-4-2-6-28-11-13)19(12)30-24(37)31-21(36)17-10-18(25)34-35(17)20-16(27)5-3-7-29-20/h2-11H,1H3,(H2,30,31,36,37). The van der Waals surface area contributed by atoms with E-state index in [0.717, 1.165) is 0 Å². The topological polar surface area (TPSA) is 141 Å². The Balaban J connectivity index is 1.41. The Morgan fingerprint density at radius 3 is 2.61 bits per heavy atom. The van der Waals surface area contributed by atoms with Crippen LogP contribution in [0, 0.1) is 6.92 Å². The summed E-state index contributed by atoms with van der Waals surface area (Å²) < 4.78 is 7.40. The molecule has 0 aliphatic rings. The third-order valence-corrected chi connectivity index (χ3v) is 6.08. The van der Waals surface area contributed by atoms with Gasteiger partial charge < -0.3 is 9.73 Å². The molecule has 5 aromatic rings. The molecule has 14 heteroatoms. The molecule has 2 N–H and O–H groups in total. The van der Waals surface area contributed by atoms with E-state index >= 15 is 0 Å². The minimum atomic E-state index is -0.815. The van der Waals surface area contributed by atoms with Gasteiger partial charge in [0.05, 0.1) is 21.8 Å². The minimum absolute atomic E-state index is 0.0266. The summed E-state index contributed by atoms with van der Waals surface area (Å²) >= 11 is 15.7. The van der Waals surface area contributed by atoms with Gasteiger partial charge in [0.2, 0.25) is 11.8 Å². The molecule has 0 atom stereocenters. The van der Waals surface area contributed by atoms with Crippen molar-refractivity contribution in [1.29, 1.82) is 0 Å². The van der Waals surface area contributed by atoms with Gasteiger partial charge in [-0.2, -0.15) is 5.10 Å². The lowest BCUT2D eigenvalue weighted by molar-refractivity contribution is 0.0959.